The molecule has 4 rings (SSSR count). The Labute approximate surface area is 127 Å². The number of nitrogens with one attached hydrogen (secondary N) is 1. The Bertz CT molecular complexity index is 642. The molecular formula is C16H16ClNO3. The van der Waals surface area contributed by atoms with Gasteiger partial charge >= 0.3 is 5.97 Å². The van der Waals surface area contributed by atoms with Crippen LogP contribution in [0.25, 0.3) is 0 Å². The van der Waals surface area contributed by atoms with Gasteiger partial charge in [-0.1, -0.05) is 17.7 Å². The number of anilines is 1. The van der Waals surface area contributed by atoms with Crippen LogP contribution in [-0.2, 0) is 14.3 Å². The van der Waals surface area contributed by atoms with Gasteiger partial charge in [0, 0.05) is 16.6 Å². The number of halogens is 1. The van der Waals surface area contributed by atoms with Crippen molar-refractivity contribution in [2.75, 3.05) is 5.32 Å². The molecule has 1 saturated heterocycles. The molecule has 5 atom stereocenters. The van der Waals surface area contributed by atoms with Gasteiger partial charge in [0.1, 0.15) is 6.10 Å². The first-order valence-electron chi connectivity index (χ1n) is 7.32. The van der Waals surface area contributed by atoms with Crippen molar-refractivity contribution in [2.24, 2.45) is 23.7 Å². The molecule has 1 aliphatic heterocycles. The molecule has 0 aromatic heterocycles. The van der Waals surface area contributed by atoms with Crippen LogP contribution in [-0.4, -0.2) is 18.0 Å². The van der Waals surface area contributed by atoms with Crippen LogP contribution in [0.15, 0.2) is 18.2 Å². The van der Waals surface area contributed by atoms with Gasteiger partial charge in [-0.05, 0) is 43.4 Å². The van der Waals surface area contributed by atoms with Gasteiger partial charge in [0.05, 0.1) is 11.8 Å². The summed E-state index contributed by atoms with van der Waals surface area (Å²) < 4.78 is 5.37. The third-order valence-corrected chi connectivity index (χ3v) is 5.72. The Morgan fingerprint density at radius 1 is 1.38 bits per heavy atom. The number of rotatable bonds is 2. The van der Waals surface area contributed by atoms with Crippen molar-refractivity contribution in [1.29, 1.82) is 0 Å². The molecule has 4 nitrogen and oxygen atoms in total. The second-order valence-electron chi connectivity index (χ2n) is 6.32. The maximum absolute atomic E-state index is 12.6. The lowest BCUT2D eigenvalue weighted by Gasteiger charge is -2.24. The summed E-state index contributed by atoms with van der Waals surface area (Å²) in [5, 5.41) is 3.58. The van der Waals surface area contributed by atoms with E-state index in [9.17, 15) is 9.59 Å². The fourth-order valence-corrected chi connectivity index (χ4v) is 4.50. The van der Waals surface area contributed by atoms with Crippen molar-refractivity contribution < 1.29 is 14.3 Å². The van der Waals surface area contributed by atoms with E-state index in [1.165, 1.54) is 0 Å². The van der Waals surface area contributed by atoms with Crippen LogP contribution in [0.4, 0.5) is 5.69 Å². The van der Waals surface area contributed by atoms with Gasteiger partial charge in [-0.2, -0.15) is 0 Å². The highest BCUT2D eigenvalue weighted by Crippen LogP contribution is 2.57. The predicted molar refractivity (Wildman–Crippen MR) is 77.9 cm³/mol. The van der Waals surface area contributed by atoms with E-state index in [2.05, 4.69) is 5.32 Å². The molecule has 2 saturated carbocycles. The number of esters is 1. The average Bonchev–Trinajstić information content (AvgIpc) is 3.05. The van der Waals surface area contributed by atoms with Crippen molar-refractivity contribution in [1.82, 2.24) is 0 Å². The Morgan fingerprint density at radius 2 is 2.19 bits per heavy atom. The van der Waals surface area contributed by atoms with Crippen molar-refractivity contribution in [2.45, 2.75) is 25.9 Å². The van der Waals surface area contributed by atoms with Gasteiger partial charge in [0.2, 0.25) is 5.91 Å². The van der Waals surface area contributed by atoms with E-state index in [-0.39, 0.29) is 41.7 Å². The van der Waals surface area contributed by atoms with E-state index >= 15 is 0 Å². The summed E-state index contributed by atoms with van der Waals surface area (Å²) in [6, 6.07) is 5.44. The van der Waals surface area contributed by atoms with Crippen molar-refractivity contribution in [3.05, 3.63) is 28.8 Å². The van der Waals surface area contributed by atoms with E-state index in [0.717, 1.165) is 24.1 Å². The summed E-state index contributed by atoms with van der Waals surface area (Å²) in [5.41, 5.74) is 1.57. The van der Waals surface area contributed by atoms with Crippen molar-refractivity contribution in [3.8, 4) is 0 Å². The third-order valence-electron chi connectivity index (χ3n) is 5.31. The van der Waals surface area contributed by atoms with E-state index in [1.54, 1.807) is 6.07 Å². The van der Waals surface area contributed by atoms with Gasteiger partial charge < -0.3 is 10.1 Å². The van der Waals surface area contributed by atoms with Gasteiger partial charge in [-0.3, -0.25) is 9.59 Å². The molecule has 1 N–H and O–H groups in total. The van der Waals surface area contributed by atoms with Gasteiger partial charge in [-0.15, -0.1) is 0 Å². The molecule has 1 amide bonds. The average molecular weight is 306 g/mol. The van der Waals surface area contributed by atoms with Crippen molar-refractivity contribution in [3.63, 3.8) is 0 Å². The highest BCUT2D eigenvalue weighted by atomic mass is 35.5. The third kappa shape index (κ3) is 1.81. The van der Waals surface area contributed by atoms with Gasteiger partial charge in [-0.25, -0.2) is 0 Å². The summed E-state index contributed by atoms with van der Waals surface area (Å²) in [7, 11) is 0. The molecule has 0 unspecified atom stereocenters. The van der Waals surface area contributed by atoms with E-state index < -0.39 is 0 Å². The molecule has 3 aliphatic rings. The number of hydrogen-bond acceptors (Lipinski definition) is 3. The monoisotopic (exact) mass is 305 g/mol. The fraction of sp³-hybridized carbons (Fsp3) is 0.500. The highest BCUT2D eigenvalue weighted by molar-refractivity contribution is 6.31. The molecule has 5 heteroatoms. The molecule has 2 bridgehead atoms. The number of hydrogen-bond donors (Lipinski definition) is 1. The van der Waals surface area contributed by atoms with Gasteiger partial charge in [0.25, 0.3) is 0 Å². The molecule has 0 radical (unpaired) electrons. The molecule has 1 aromatic rings. The van der Waals surface area contributed by atoms with Gasteiger partial charge in [0.15, 0.2) is 0 Å². The Balaban J connectivity index is 1.59. The SMILES string of the molecule is Cc1c(Cl)cccc1NC(=O)[C@@H]1[C@@H]2C[C@@H]3[C@@H]1C(=O)O[C@@H]3C2. The van der Waals surface area contributed by atoms with Crippen LogP contribution in [0.2, 0.25) is 5.02 Å². The number of carbonyl (C=O) groups excluding carboxylic acids is 2. The highest BCUT2D eigenvalue weighted by Gasteiger charge is 2.63. The summed E-state index contributed by atoms with van der Waals surface area (Å²) in [6.07, 6.45) is 1.83. The molecular weight excluding hydrogens is 290 g/mol. The molecule has 3 fully saturated rings. The molecule has 110 valence electrons. The van der Waals surface area contributed by atoms with Crippen LogP contribution < -0.4 is 5.32 Å². The zero-order valence-electron chi connectivity index (χ0n) is 11.6. The minimum atomic E-state index is -0.250. The lowest BCUT2D eigenvalue weighted by molar-refractivity contribution is -0.145. The maximum atomic E-state index is 12.6. The van der Waals surface area contributed by atoms with E-state index in [0.29, 0.717) is 5.02 Å². The molecule has 2 aliphatic carbocycles. The van der Waals surface area contributed by atoms with Crippen molar-refractivity contribution >= 4 is 29.2 Å². The standard InChI is InChI=1S/C16H16ClNO3/c1-7-10(17)3-2-4-11(7)18-15(19)13-8-5-9-12(6-8)21-16(20)14(9)13/h2-4,8-9,12-14H,5-6H2,1H3,(H,18,19)/t8-,9+,12-,13-,14+/m1/s1. The number of amides is 1. The molecule has 1 aromatic carbocycles. The predicted octanol–water partition coefficient (Wildman–Crippen LogP) is 2.78. The normalized spacial score (nSPS) is 35.9. The minimum Gasteiger partial charge on any atom is -0.462 e. The first kappa shape index (κ1) is 13.1. The van der Waals surface area contributed by atoms with Crippen LogP contribution >= 0.6 is 11.6 Å². The summed E-state index contributed by atoms with van der Waals surface area (Å²) >= 11 is 6.08. The smallest absolute Gasteiger partial charge is 0.310 e. The summed E-state index contributed by atoms with van der Waals surface area (Å²) in [4.78, 5) is 24.6. The fourth-order valence-electron chi connectivity index (χ4n) is 4.32. The lowest BCUT2D eigenvalue weighted by Crippen LogP contribution is -2.36. The Morgan fingerprint density at radius 3 is 3.00 bits per heavy atom. The number of carbonyl (C=O) groups is 2. The number of fused-ring (bicyclic) bond motifs is 1. The number of benzene rings is 1. The second-order valence-corrected chi connectivity index (χ2v) is 6.73. The lowest BCUT2D eigenvalue weighted by atomic mass is 9.79. The molecule has 1 heterocycles. The summed E-state index contributed by atoms with van der Waals surface area (Å²) in [6.45, 7) is 1.87. The second kappa shape index (κ2) is 4.47. The Kier molecular flexibility index (Phi) is 2.80. The van der Waals surface area contributed by atoms with Crippen LogP contribution in [0.3, 0.4) is 0 Å². The van der Waals surface area contributed by atoms with E-state index in [1.807, 2.05) is 19.1 Å². The maximum Gasteiger partial charge on any atom is 0.310 e. The Hall–Kier alpha value is -1.55. The van der Waals surface area contributed by atoms with Crippen LogP contribution in [0.1, 0.15) is 18.4 Å². The zero-order valence-corrected chi connectivity index (χ0v) is 12.4. The molecule has 0 spiro atoms. The quantitative estimate of drug-likeness (QED) is 0.855. The van der Waals surface area contributed by atoms with Crippen LogP contribution in [0.5, 0.6) is 0 Å². The molecule has 21 heavy (non-hydrogen) atoms. The summed E-state index contributed by atoms with van der Waals surface area (Å²) in [5.74, 6) is -0.231. The first-order chi connectivity index (χ1) is 10.1. The topological polar surface area (TPSA) is 55.4 Å². The number of ether oxygens (including phenoxy) is 1. The first-order valence-corrected chi connectivity index (χ1v) is 7.70. The van der Waals surface area contributed by atoms with E-state index in [4.69, 9.17) is 16.3 Å². The largest absolute Gasteiger partial charge is 0.462 e. The van der Waals surface area contributed by atoms with Crippen LogP contribution in [0, 0.1) is 30.6 Å². The zero-order chi connectivity index (χ0) is 14.7. The minimum absolute atomic E-state index is 0.0597.